The van der Waals surface area contributed by atoms with Gasteiger partial charge in [-0.25, -0.2) is 0 Å². The molecule has 0 aliphatic carbocycles. The second-order valence-electron chi connectivity index (χ2n) is 9.52. The maximum absolute atomic E-state index is 5.02. The predicted octanol–water partition coefficient (Wildman–Crippen LogP) is 3.32. The van der Waals surface area contributed by atoms with Crippen molar-refractivity contribution in [3.63, 3.8) is 0 Å². The second kappa shape index (κ2) is 16.0. The summed E-state index contributed by atoms with van der Waals surface area (Å²) in [6, 6.07) is 0. The second-order valence-corrected chi connectivity index (χ2v) is 13.9. The van der Waals surface area contributed by atoms with E-state index in [0.717, 1.165) is 51.2 Å². The average Bonchev–Trinajstić information content (AvgIpc) is 2.67. The van der Waals surface area contributed by atoms with Crippen molar-refractivity contribution in [2.75, 3.05) is 39.3 Å². The van der Waals surface area contributed by atoms with E-state index in [9.17, 15) is 0 Å². The van der Waals surface area contributed by atoms with Crippen LogP contribution in [0.25, 0.3) is 0 Å². The number of nitrogens with one attached hydrogen (secondary N) is 2. The Hall–Kier alpha value is -0.700. The van der Waals surface area contributed by atoms with Crippen LogP contribution < -0.4 is 10.6 Å². The first-order valence-corrected chi connectivity index (χ1v) is 15.7. The van der Waals surface area contributed by atoms with E-state index in [0.29, 0.717) is 0 Å². The van der Waals surface area contributed by atoms with E-state index in [-0.39, 0.29) is 23.5 Å². The molecule has 0 aromatic heterocycles. The molecule has 190 valence electrons. The number of nitrogens with zero attached hydrogens (tertiary/aromatic N) is 6. The zero-order valence-corrected chi connectivity index (χ0v) is 27.9. The number of halogens is 1. The van der Waals surface area contributed by atoms with E-state index in [4.69, 9.17) is 10.2 Å². The molecule has 0 aromatic carbocycles. The number of hydrogen-bond donors (Lipinski definition) is 2. The first kappa shape index (κ1) is 33.5. The average molecular weight is 579 g/mol. The Morgan fingerprint density at radius 2 is 0.906 bits per heavy atom. The smallest absolute Gasteiger partial charge is 0.147 e. The fourth-order valence-electron chi connectivity index (χ4n) is 3.02. The molecule has 0 aliphatic heterocycles. The Morgan fingerprint density at radius 1 is 0.625 bits per heavy atom. The molecule has 0 radical (unpaired) electrons. The minimum atomic E-state index is -1.84. The third kappa shape index (κ3) is 11.4. The van der Waals surface area contributed by atoms with Gasteiger partial charge in [0.15, 0.2) is 0 Å². The van der Waals surface area contributed by atoms with Crippen LogP contribution in [0.1, 0.15) is 83.1 Å². The van der Waals surface area contributed by atoms with E-state index >= 15 is 0 Å². The van der Waals surface area contributed by atoms with Crippen molar-refractivity contribution >= 4 is 47.8 Å². The third-order valence-electron chi connectivity index (χ3n) is 5.02. The summed E-state index contributed by atoms with van der Waals surface area (Å²) in [5.74, 6) is 1.98. The van der Waals surface area contributed by atoms with Crippen molar-refractivity contribution in [1.29, 1.82) is 0 Å². The van der Waals surface area contributed by atoms with E-state index in [1.165, 1.54) is 0 Å². The van der Waals surface area contributed by atoms with Gasteiger partial charge in [0.1, 0.15) is 0 Å². The van der Waals surface area contributed by atoms with E-state index in [1.807, 2.05) is 0 Å². The van der Waals surface area contributed by atoms with Gasteiger partial charge in [-0.05, 0) is 0 Å². The zero-order chi connectivity index (χ0) is 24.2. The molecular weight excluding hydrogens is 527 g/mol. The normalized spacial score (nSPS) is 12.6. The summed E-state index contributed by atoms with van der Waals surface area (Å²) in [6.07, 6.45) is 0. The van der Waals surface area contributed by atoms with Crippen molar-refractivity contribution in [1.82, 2.24) is 26.4 Å². The first-order chi connectivity index (χ1) is 14.4. The number of rotatable bonds is 10. The SMILES string of the molecule is CCNC(=NN(CC)CC)[N]([InH][N](C(=NN(CC)CC)NCC)C(C)(C)C)C(C)(C)C.Cl. The monoisotopic (exact) mass is 578 g/mol. The maximum Gasteiger partial charge on any atom is -0.147 e. The van der Waals surface area contributed by atoms with Crippen molar-refractivity contribution < 1.29 is 0 Å². The molecule has 2 N–H and O–H groups in total. The molecule has 0 amide bonds. The Labute approximate surface area is 217 Å². The van der Waals surface area contributed by atoms with E-state index in [2.05, 4.69) is 110 Å². The fraction of sp³-hybridized carbons (Fsp3) is 0.909. The number of hydrazone groups is 2. The molecule has 0 bridgehead atoms. The Morgan fingerprint density at radius 3 is 1.09 bits per heavy atom. The van der Waals surface area contributed by atoms with Gasteiger partial charge >= 0.3 is 205 Å². The third-order valence-corrected chi connectivity index (χ3v) is 13.8. The van der Waals surface area contributed by atoms with Crippen LogP contribution in [-0.4, -0.2) is 102 Å². The minimum absolute atomic E-state index is 0. The predicted molar refractivity (Wildman–Crippen MR) is 146 cm³/mol. The van der Waals surface area contributed by atoms with Gasteiger partial charge in [0.25, 0.3) is 0 Å². The van der Waals surface area contributed by atoms with Crippen LogP contribution in [0.15, 0.2) is 10.2 Å². The van der Waals surface area contributed by atoms with Gasteiger partial charge in [0.05, 0.1) is 0 Å². The van der Waals surface area contributed by atoms with Crippen LogP contribution >= 0.6 is 12.4 Å². The van der Waals surface area contributed by atoms with Crippen LogP contribution in [-0.2, 0) is 0 Å². The summed E-state index contributed by atoms with van der Waals surface area (Å²) in [7, 11) is 0. The van der Waals surface area contributed by atoms with Gasteiger partial charge < -0.3 is 0 Å². The van der Waals surface area contributed by atoms with Crippen LogP contribution in [0.5, 0.6) is 0 Å². The number of guanidine groups is 2. The molecule has 0 heterocycles. The molecule has 32 heavy (non-hydrogen) atoms. The van der Waals surface area contributed by atoms with Crippen molar-refractivity contribution in [2.24, 2.45) is 10.2 Å². The largest absolute Gasteiger partial charge is 0.147 e. The molecule has 0 fully saturated rings. The fourth-order valence-corrected chi connectivity index (χ4v) is 8.01. The Balaban J connectivity index is 0. The summed E-state index contributed by atoms with van der Waals surface area (Å²) in [5, 5.41) is 21.4. The van der Waals surface area contributed by atoms with Gasteiger partial charge in [-0.1, -0.05) is 0 Å². The van der Waals surface area contributed by atoms with Crippen LogP contribution in [0.4, 0.5) is 0 Å². The topological polar surface area (TPSA) is 61.7 Å². The van der Waals surface area contributed by atoms with Crippen molar-refractivity contribution in [2.45, 2.75) is 94.2 Å². The van der Waals surface area contributed by atoms with Gasteiger partial charge in [0.2, 0.25) is 0 Å². The van der Waals surface area contributed by atoms with Gasteiger partial charge in [0, 0.05) is 0 Å². The molecule has 0 spiro atoms. The van der Waals surface area contributed by atoms with E-state index < -0.39 is 23.5 Å². The molecule has 10 heteroatoms. The van der Waals surface area contributed by atoms with Crippen LogP contribution in [0.3, 0.4) is 0 Å². The van der Waals surface area contributed by atoms with Crippen molar-refractivity contribution in [3.8, 4) is 0 Å². The molecule has 0 atom stereocenters. The van der Waals surface area contributed by atoms with Crippen LogP contribution in [0, 0.1) is 0 Å². The molecule has 8 nitrogen and oxygen atoms in total. The molecular formula is C22H52ClInN8. The summed E-state index contributed by atoms with van der Waals surface area (Å²) < 4.78 is 5.10. The summed E-state index contributed by atoms with van der Waals surface area (Å²) >= 11 is -1.84. The van der Waals surface area contributed by atoms with Crippen molar-refractivity contribution in [3.05, 3.63) is 0 Å². The molecule has 0 unspecified atom stereocenters. The van der Waals surface area contributed by atoms with Gasteiger partial charge in [-0.15, -0.1) is 12.4 Å². The Bertz CT molecular complexity index is 501. The van der Waals surface area contributed by atoms with Gasteiger partial charge in [-0.3, -0.25) is 0 Å². The number of hydrogen-bond acceptors (Lipinski definition) is 4. The summed E-state index contributed by atoms with van der Waals surface area (Å²) in [5.41, 5.74) is -0.0828. The minimum Gasteiger partial charge on any atom is -0.147 e. The standard InChI is InChI=1S/2C11H25N4.ClH.In.H/c2*1-7-12-10(13-11(4,5)6)14-15(8-2)9-3;;;/h2*7-9H2,1-6H3,(H-,12,13,14);1H;;/q2*-1;;+2;. The van der Waals surface area contributed by atoms with Crippen LogP contribution in [0.2, 0.25) is 0 Å². The molecule has 0 saturated heterocycles. The van der Waals surface area contributed by atoms with Gasteiger partial charge in [-0.2, -0.15) is 0 Å². The molecule has 0 rings (SSSR count). The molecule has 0 aromatic rings. The quantitative estimate of drug-likeness (QED) is 0.236. The summed E-state index contributed by atoms with van der Waals surface area (Å²) in [4.78, 5) is 0. The van der Waals surface area contributed by atoms with E-state index in [1.54, 1.807) is 0 Å². The maximum atomic E-state index is 5.02. The Kier molecular flexibility index (Phi) is 16.8. The molecule has 0 saturated carbocycles. The zero-order valence-electron chi connectivity index (χ0n) is 23.0. The molecule has 0 aliphatic rings. The summed E-state index contributed by atoms with van der Waals surface area (Å²) in [6.45, 7) is 31.9. The first-order valence-electron chi connectivity index (χ1n) is 12.1.